The van der Waals surface area contributed by atoms with Crippen molar-refractivity contribution in [2.75, 3.05) is 12.4 Å². The monoisotopic (exact) mass is 399 g/mol. The summed E-state index contributed by atoms with van der Waals surface area (Å²) in [5.41, 5.74) is 6.82. The first-order chi connectivity index (χ1) is 14.5. The number of pyridine rings is 1. The van der Waals surface area contributed by atoms with E-state index in [1.807, 2.05) is 66.2 Å². The number of carbonyl (C=O) groups is 1. The van der Waals surface area contributed by atoms with E-state index in [0.29, 0.717) is 24.3 Å². The largest absolute Gasteiger partial charge is 0.495 e. The molecule has 4 rings (SSSR count). The molecule has 1 amide bonds. The lowest BCUT2D eigenvalue weighted by molar-refractivity contribution is -0.116. The number of carbonyl (C=O) groups excluding carboxylic acids is 1. The van der Waals surface area contributed by atoms with E-state index in [-0.39, 0.29) is 5.91 Å². The molecule has 2 aromatic heterocycles. The summed E-state index contributed by atoms with van der Waals surface area (Å²) < 4.78 is 7.46. The Morgan fingerprint density at radius 1 is 1.10 bits per heavy atom. The highest BCUT2D eigenvalue weighted by molar-refractivity contribution is 5.93. The minimum atomic E-state index is -0.0437. The van der Waals surface area contributed by atoms with Gasteiger partial charge < -0.3 is 14.5 Å². The van der Waals surface area contributed by atoms with Gasteiger partial charge in [0.2, 0.25) is 5.91 Å². The molecule has 2 heterocycles. The minimum Gasteiger partial charge on any atom is -0.495 e. The Labute approximate surface area is 176 Å². The summed E-state index contributed by atoms with van der Waals surface area (Å²) in [6.45, 7) is 4.10. The molecule has 0 fully saturated rings. The van der Waals surface area contributed by atoms with E-state index in [9.17, 15) is 4.79 Å². The van der Waals surface area contributed by atoms with Crippen molar-refractivity contribution in [2.45, 2.75) is 26.7 Å². The lowest BCUT2D eigenvalue weighted by Crippen LogP contribution is -2.13. The fourth-order valence-electron chi connectivity index (χ4n) is 3.60. The predicted octanol–water partition coefficient (Wildman–Crippen LogP) is 5.20. The molecule has 0 aliphatic carbocycles. The van der Waals surface area contributed by atoms with Crippen molar-refractivity contribution in [2.24, 2.45) is 0 Å². The molecular formula is C25H25N3O2. The van der Waals surface area contributed by atoms with Gasteiger partial charge in [-0.1, -0.05) is 35.9 Å². The van der Waals surface area contributed by atoms with E-state index < -0.39 is 0 Å². The summed E-state index contributed by atoms with van der Waals surface area (Å²) in [6, 6.07) is 18.0. The van der Waals surface area contributed by atoms with Gasteiger partial charge in [-0.2, -0.15) is 0 Å². The average Bonchev–Trinajstić information content (AvgIpc) is 3.18. The Morgan fingerprint density at radius 2 is 1.97 bits per heavy atom. The number of nitrogens with zero attached hydrogens (tertiary/aromatic N) is 2. The third-order valence-corrected chi connectivity index (χ3v) is 5.17. The second kappa shape index (κ2) is 8.41. The van der Waals surface area contributed by atoms with Crippen LogP contribution in [0.3, 0.4) is 0 Å². The van der Waals surface area contributed by atoms with E-state index in [0.717, 1.165) is 28.0 Å². The molecule has 1 N–H and O–H groups in total. The van der Waals surface area contributed by atoms with Gasteiger partial charge in [-0.05, 0) is 55.7 Å². The van der Waals surface area contributed by atoms with Gasteiger partial charge in [0.25, 0.3) is 0 Å². The predicted molar refractivity (Wildman–Crippen MR) is 120 cm³/mol. The second-order valence-electron chi connectivity index (χ2n) is 7.50. The smallest absolute Gasteiger partial charge is 0.224 e. The number of aryl methyl sites for hydroxylation is 3. The molecule has 0 radical (unpaired) electrons. The topological polar surface area (TPSA) is 55.6 Å². The normalized spacial score (nSPS) is 10.9. The van der Waals surface area contributed by atoms with Gasteiger partial charge in [0.15, 0.2) is 0 Å². The first-order valence-electron chi connectivity index (χ1n) is 10.0. The highest BCUT2D eigenvalue weighted by Crippen LogP contribution is 2.31. The Bertz CT molecular complexity index is 1210. The molecule has 0 atom stereocenters. The lowest BCUT2D eigenvalue weighted by Gasteiger charge is -2.12. The zero-order chi connectivity index (χ0) is 21.1. The number of nitrogens with one attached hydrogen (secondary N) is 1. The second-order valence-corrected chi connectivity index (χ2v) is 7.50. The van der Waals surface area contributed by atoms with E-state index >= 15 is 0 Å². The van der Waals surface area contributed by atoms with Crippen molar-refractivity contribution >= 4 is 17.2 Å². The molecule has 0 saturated heterocycles. The number of imidazole rings is 1. The number of amides is 1. The van der Waals surface area contributed by atoms with Crippen LogP contribution in [0.4, 0.5) is 5.69 Å². The van der Waals surface area contributed by atoms with Crippen LogP contribution < -0.4 is 10.1 Å². The van der Waals surface area contributed by atoms with Crippen LogP contribution in [-0.2, 0) is 11.2 Å². The summed E-state index contributed by atoms with van der Waals surface area (Å²) in [4.78, 5) is 17.3. The van der Waals surface area contributed by atoms with Crippen molar-refractivity contribution in [1.82, 2.24) is 9.38 Å². The number of aromatic nitrogens is 2. The minimum absolute atomic E-state index is 0.0437. The van der Waals surface area contributed by atoms with E-state index in [2.05, 4.69) is 24.4 Å². The van der Waals surface area contributed by atoms with Gasteiger partial charge in [-0.3, -0.25) is 4.79 Å². The first-order valence-corrected chi connectivity index (χ1v) is 10.0. The summed E-state index contributed by atoms with van der Waals surface area (Å²) in [7, 11) is 1.60. The zero-order valence-corrected chi connectivity index (χ0v) is 17.5. The first kappa shape index (κ1) is 19.7. The fourth-order valence-corrected chi connectivity index (χ4v) is 3.60. The number of hydrogen-bond donors (Lipinski definition) is 1. The summed E-state index contributed by atoms with van der Waals surface area (Å²) >= 11 is 0. The maximum Gasteiger partial charge on any atom is 0.224 e. The highest BCUT2D eigenvalue weighted by atomic mass is 16.5. The van der Waals surface area contributed by atoms with Crippen LogP contribution in [-0.4, -0.2) is 22.4 Å². The summed E-state index contributed by atoms with van der Waals surface area (Å²) in [5, 5.41) is 3.00. The van der Waals surface area contributed by atoms with Gasteiger partial charge in [0.05, 0.1) is 18.5 Å². The maximum absolute atomic E-state index is 12.6. The van der Waals surface area contributed by atoms with Gasteiger partial charge >= 0.3 is 0 Å². The molecule has 0 aliphatic rings. The van der Waals surface area contributed by atoms with Gasteiger partial charge in [-0.15, -0.1) is 0 Å². The standard InChI is InChI=1S/C25H25N3O2/c1-17-6-4-8-19(14-17)9-12-24(29)26-21-15-20(10-11-23(21)30-3)22-16-28-13-5-7-18(2)25(28)27-22/h4-8,10-11,13-16H,9,12H2,1-3H3,(H,26,29). The molecule has 0 aliphatic heterocycles. The van der Waals surface area contributed by atoms with Crippen LogP contribution in [0, 0.1) is 13.8 Å². The number of methoxy groups -OCH3 is 1. The number of hydrogen-bond acceptors (Lipinski definition) is 3. The Kier molecular flexibility index (Phi) is 5.53. The van der Waals surface area contributed by atoms with Crippen LogP contribution >= 0.6 is 0 Å². The van der Waals surface area contributed by atoms with Crippen LogP contribution in [0.25, 0.3) is 16.9 Å². The molecule has 5 nitrogen and oxygen atoms in total. The number of anilines is 1. The van der Waals surface area contributed by atoms with Gasteiger partial charge in [0.1, 0.15) is 11.4 Å². The van der Waals surface area contributed by atoms with Gasteiger partial charge in [0, 0.05) is 24.4 Å². The number of ether oxygens (including phenoxy) is 1. The highest BCUT2D eigenvalue weighted by Gasteiger charge is 2.12. The zero-order valence-electron chi connectivity index (χ0n) is 17.5. The van der Waals surface area contributed by atoms with E-state index in [4.69, 9.17) is 9.72 Å². The molecular weight excluding hydrogens is 374 g/mol. The summed E-state index contributed by atoms with van der Waals surface area (Å²) in [6.07, 6.45) is 5.08. The van der Waals surface area contributed by atoms with E-state index in [1.165, 1.54) is 5.56 Å². The van der Waals surface area contributed by atoms with Crippen molar-refractivity contribution in [3.63, 3.8) is 0 Å². The molecule has 30 heavy (non-hydrogen) atoms. The third-order valence-electron chi connectivity index (χ3n) is 5.17. The number of benzene rings is 2. The Hall–Kier alpha value is -3.60. The van der Waals surface area contributed by atoms with Crippen LogP contribution in [0.1, 0.15) is 23.1 Å². The van der Waals surface area contributed by atoms with Crippen LogP contribution in [0.15, 0.2) is 67.0 Å². The molecule has 0 bridgehead atoms. The summed E-state index contributed by atoms with van der Waals surface area (Å²) in [5.74, 6) is 0.584. The molecule has 5 heteroatoms. The number of fused-ring (bicyclic) bond motifs is 1. The maximum atomic E-state index is 12.6. The lowest BCUT2D eigenvalue weighted by atomic mass is 10.1. The van der Waals surface area contributed by atoms with Gasteiger partial charge in [-0.25, -0.2) is 4.98 Å². The fraction of sp³-hybridized carbons (Fsp3) is 0.200. The van der Waals surface area contributed by atoms with Crippen molar-refractivity contribution in [1.29, 1.82) is 0 Å². The Balaban J connectivity index is 1.54. The molecule has 2 aromatic carbocycles. The SMILES string of the molecule is COc1ccc(-c2cn3cccc(C)c3n2)cc1NC(=O)CCc1cccc(C)c1. The molecule has 4 aromatic rings. The van der Waals surface area contributed by atoms with Crippen LogP contribution in [0.5, 0.6) is 5.75 Å². The van der Waals surface area contributed by atoms with Crippen LogP contribution in [0.2, 0.25) is 0 Å². The average molecular weight is 399 g/mol. The quantitative estimate of drug-likeness (QED) is 0.485. The molecule has 0 spiro atoms. The Morgan fingerprint density at radius 3 is 2.73 bits per heavy atom. The molecule has 0 saturated carbocycles. The van der Waals surface area contributed by atoms with Crippen molar-refractivity contribution < 1.29 is 9.53 Å². The number of rotatable bonds is 6. The molecule has 152 valence electrons. The van der Waals surface area contributed by atoms with Crippen molar-refractivity contribution in [3.05, 3.63) is 83.7 Å². The molecule has 0 unspecified atom stereocenters. The van der Waals surface area contributed by atoms with E-state index in [1.54, 1.807) is 7.11 Å². The third kappa shape index (κ3) is 4.20. The van der Waals surface area contributed by atoms with Crippen molar-refractivity contribution in [3.8, 4) is 17.0 Å².